The lowest BCUT2D eigenvalue weighted by Crippen LogP contribution is -2.40. The minimum Gasteiger partial charge on any atom is -0.483 e. The highest BCUT2D eigenvalue weighted by atomic mass is 16.4. The van der Waals surface area contributed by atoms with Gasteiger partial charge in [-0.15, -0.1) is 0 Å². The summed E-state index contributed by atoms with van der Waals surface area (Å²) in [5.74, 6) is -1.58. The van der Waals surface area contributed by atoms with Crippen LogP contribution in [0.4, 0.5) is 0 Å². The highest BCUT2D eigenvalue weighted by Gasteiger charge is 2.18. The van der Waals surface area contributed by atoms with Gasteiger partial charge in [-0.25, -0.2) is 0 Å². The van der Waals surface area contributed by atoms with Gasteiger partial charge in [0.05, 0.1) is 6.04 Å². The highest BCUT2D eigenvalue weighted by Crippen LogP contribution is 2.19. The van der Waals surface area contributed by atoms with Gasteiger partial charge in [-0.1, -0.05) is 68.4 Å². The SMILES string of the molecule is CCC(=O)O.CC[C@H](NC(=O)CCc1ccc(-c2ccccc2)cc1)C(=O)CCC(N)=O.O=CO. The van der Waals surface area contributed by atoms with E-state index in [1.54, 1.807) is 6.92 Å². The molecular weight excluding hydrogens is 452 g/mol. The number of rotatable bonds is 11. The molecule has 2 aromatic rings. The number of carbonyl (C=O) groups is 5. The zero-order chi connectivity index (χ0) is 26.6. The van der Waals surface area contributed by atoms with Gasteiger partial charge in [-0.3, -0.25) is 24.0 Å². The lowest BCUT2D eigenvalue weighted by molar-refractivity contribution is -0.136. The molecular formula is C26H34N2O7. The summed E-state index contributed by atoms with van der Waals surface area (Å²) in [5, 5.41) is 17.4. The van der Waals surface area contributed by atoms with Crippen LogP contribution < -0.4 is 11.1 Å². The number of benzene rings is 2. The van der Waals surface area contributed by atoms with E-state index in [0.29, 0.717) is 19.3 Å². The molecule has 0 aliphatic rings. The molecule has 0 bridgehead atoms. The third-order valence-electron chi connectivity index (χ3n) is 4.75. The van der Waals surface area contributed by atoms with Crippen molar-refractivity contribution in [2.45, 2.75) is 58.4 Å². The first-order chi connectivity index (χ1) is 16.7. The molecule has 0 saturated carbocycles. The predicted molar refractivity (Wildman–Crippen MR) is 132 cm³/mol. The topological polar surface area (TPSA) is 164 Å². The minimum absolute atomic E-state index is 0.0129. The van der Waals surface area contributed by atoms with Crippen molar-refractivity contribution in [2.24, 2.45) is 5.73 Å². The Kier molecular flexibility index (Phi) is 16.3. The zero-order valence-electron chi connectivity index (χ0n) is 20.1. The first kappa shape index (κ1) is 31.0. The molecule has 190 valence electrons. The van der Waals surface area contributed by atoms with Crippen molar-refractivity contribution >= 4 is 30.0 Å². The summed E-state index contributed by atoms with van der Waals surface area (Å²) in [7, 11) is 0. The summed E-state index contributed by atoms with van der Waals surface area (Å²) in [4.78, 5) is 52.7. The van der Waals surface area contributed by atoms with Crippen molar-refractivity contribution in [1.82, 2.24) is 5.32 Å². The van der Waals surface area contributed by atoms with Gasteiger partial charge in [-0.2, -0.15) is 0 Å². The molecule has 0 unspecified atom stereocenters. The first-order valence-electron chi connectivity index (χ1n) is 11.2. The van der Waals surface area contributed by atoms with E-state index in [0.717, 1.165) is 16.7 Å². The van der Waals surface area contributed by atoms with Crippen LogP contribution in [0, 0.1) is 0 Å². The van der Waals surface area contributed by atoms with Crippen molar-refractivity contribution in [2.75, 3.05) is 0 Å². The van der Waals surface area contributed by atoms with E-state index < -0.39 is 17.9 Å². The van der Waals surface area contributed by atoms with E-state index in [9.17, 15) is 19.2 Å². The molecule has 9 nitrogen and oxygen atoms in total. The number of aryl methyl sites for hydroxylation is 1. The van der Waals surface area contributed by atoms with Gasteiger partial charge >= 0.3 is 5.97 Å². The zero-order valence-corrected chi connectivity index (χ0v) is 20.1. The van der Waals surface area contributed by atoms with Crippen LogP contribution in [-0.2, 0) is 30.4 Å². The molecule has 0 aliphatic heterocycles. The largest absolute Gasteiger partial charge is 0.483 e. The number of carboxylic acid groups (broad SMARTS) is 2. The quantitative estimate of drug-likeness (QED) is 0.354. The number of amides is 2. The molecule has 5 N–H and O–H groups in total. The Morgan fingerprint density at radius 3 is 1.89 bits per heavy atom. The molecule has 0 heterocycles. The second kappa shape index (κ2) is 18.4. The second-order valence-corrected chi connectivity index (χ2v) is 7.38. The van der Waals surface area contributed by atoms with Gasteiger partial charge in [0.2, 0.25) is 11.8 Å². The Balaban J connectivity index is 0.00000126. The molecule has 2 aromatic carbocycles. The van der Waals surface area contributed by atoms with Crippen molar-refractivity contribution in [1.29, 1.82) is 0 Å². The van der Waals surface area contributed by atoms with Crippen molar-refractivity contribution < 1.29 is 34.2 Å². The van der Waals surface area contributed by atoms with E-state index in [2.05, 4.69) is 17.4 Å². The van der Waals surface area contributed by atoms with Crippen molar-refractivity contribution in [3.63, 3.8) is 0 Å². The Bertz CT molecular complexity index is 928. The lowest BCUT2D eigenvalue weighted by atomic mass is 10.0. The Morgan fingerprint density at radius 2 is 1.43 bits per heavy atom. The van der Waals surface area contributed by atoms with E-state index in [-0.39, 0.29) is 37.4 Å². The summed E-state index contributed by atoms with van der Waals surface area (Å²) >= 11 is 0. The number of nitrogens with one attached hydrogen (secondary N) is 1. The highest BCUT2D eigenvalue weighted by molar-refractivity contribution is 5.91. The summed E-state index contributed by atoms with van der Waals surface area (Å²) in [5.41, 5.74) is 8.42. The molecule has 0 spiro atoms. The van der Waals surface area contributed by atoms with Crippen LogP contribution in [0.3, 0.4) is 0 Å². The molecule has 0 fully saturated rings. The van der Waals surface area contributed by atoms with Gasteiger partial charge < -0.3 is 21.3 Å². The summed E-state index contributed by atoms with van der Waals surface area (Å²) in [6.45, 7) is 3.18. The number of hydrogen-bond acceptors (Lipinski definition) is 5. The maximum absolute atomic E-state index is 12.2. The normalized spacial score (nSPS) is 10.3. The number of primary amides is 1. The molecule has 9 heteroatoms. The number of aliphatic carboxylic acids is 1. The Hall–Kier alpha value is -4.01. The fourth-order valence-electron chi connectivity index (χ4n) is 2.85. The molecule has 35 heavy (non-hydrogen) atoms. The number of nitrogens with two attached hydrogens (primary N) is 1. The van der Waals surface area contributed by atoms with E-state index in [4.69, 9.17) is 20.7 Å². The minimum atomic E-state index is -0.745. The average molecular weight is 487 g/mol. The molecule has 0 aliphatic carbocycles. The molecule has 2 rings (SSSR count). The fourth-order valence-corrected chi connectivity index (χ4v) is 2.85. The van der Waals surface area contributed by atoms with Crippen LogP contribution >= 0.6 is 0 Å². The number of hydrogen-bond donors (Lipinski definition) is 4. The second-order valence-electron chi connectivity index (χ2n) is 7.38. The standard InChI is InChI=1S/C22H26N2O3.C3H6O2.CH2O2/c1-2-19(20(25)13-14-21(23)26)24-22(27)15-10-16-8-11-18(12-9-16)17-6-4-3-5-7-17;1-2-3(4)5;2-1-3/h3-9,11-12,19H,2,10,13-15H2,1H3,(H2,23,26)(H,24,27);2H2,1H3,(H,4,5);1H,(H,2,3)/t19-;;/m0../s1. The van der Waals surface area contributed by atoms with Gasteiger partial charge in [-0.05, 0) is 29.5 Å². The number of Topliss-reactive ketones (excluding diaryl/α,β-unsaturated/α-hetero) is 1. The Labute approximate surface area is 205 Å². The number of ketones is 1. The van der Waals surface area contributed by atoms with Crippen LogP contribution in [0.25, 0.3) is 11.1 Å². The van der Waals surface area contributed by atoms with Gasteiger partial charge in [0.25, 0.3) is 6.47 Å². The fraction of sp³-hybridized carbons (Fsp3) is 0.346. The molecule has 0 aromatic heterocycles. The Morgan fingerprint density at radius 1 is 0.914 bits per heavy atom. The molecule has 0 radical (unpaired) electrons. The van der Waals surface area contributed by atoms with Crippen molar-refractivity contribution in [3.05, 3.63) is 60.2 Å². The van der Waals surface area contributed by atoms with Crippen LogP contribution in [0.2, 0.25) is 0 Å². The summed E-state index contributed by atoms with van der Waals surface area (Å²) in [6.07, 6.45) is 1.71. The maximum atomic E-state index is 12.2. The molecule has 0 saturated heterocycles. The summed E-state index contributed by atoms with van der Waals surface area (Å²) in [6, 6.07) is 17.7. The van der Waals surface area contributed by atoms with Crippen LogP contribution in [-0.4, -0.2) is 46.3 Å². The lowest BCUT2D eigenvalue weighted by Gasteiger charge is -2.15. The number of carbonyl (C=O) groups excluding carboxylic acids is 3. The van der Waals surface area contributed by atoms with Gasteiger partial charge in [0.1, 0.15) is 0 Å². The van der Waals surface area contributed by atoms with E-state index in [1.165, 1.54) is 0 Å². The monoisotopic (exact) mass is 486 g/mol. The maximum Gasteiger partial charge on any atom is 0.303 e. The van der Waals surface area contributed by atoms with E-state index in [1.807, 2.05) is 49.4 Å². The van der Waals surface area contributed by atoms with Gasteiger partial charge in [0.15, 0.2) is 5.78 Å². The van der Waals surface area contributed by atoms with Crippen LogP contribution in [0.1, 0.15) is 51.5 Å². The third-order valence-corrected chi connectivity index (χ3v) is 4.75. The molecule has 1 atom stereocenters. The smallest absolute Gasteiger partial charge is 0.303 e. The average Bonchev–Trinajstić information content (AvgIpc) is 2.86. The van der Waals surface area contributed by atoms with Gasteiger partial charge in [0, 0.05) is 25.7 Å². The number of carboxylic acids is 1. The third kappa shape index (κ3) is 14.7. The van der Waals surface area contributed by atoms with Crippen LogP contribution in [0.5, 0.6) is 0 Å². The predicted octanol–water partition coefficient (Wildman–Crippen LogP) is 3.20. The summed E-state index contributed by atoms with van der Waals surface area (Å²) < 4.78 is 0. The van der Waals surface area contributed by atoms with Crippen LogP contribution in [0.15, 0.2) is 54.6 Å². The molecule has 2 amide bonds. The van der Waals surface area contributed by atoms with Crippen molar-refractivity contribution in [3.8, 4) is 11.1 Å². The van der Waals surface area contributed by atoms with E-state index >= 15 is 0 Å². The first-order valence-corrected chi connectivity index (χ1v) is 11.2.